The Balaban J connectivity index is 1.82. The summed E-state index contributed by atoms with van der Waals surface area (Å²) in [6.07, 6.45) is 11.9. The van der Waals surface area contributed by atoms with Crippen molar-refractivity contribution in [1.82, 2.24) is 0 Å². The van der Waals surface area contributed by atoms with Crippen LogP contribution in [0.15, 0.2) is 11.1 Å². The average molecular weight is 190 g/mol. The van der Waals surface area contributed by atoms with Crippen LogP contribution < -0.4 is 0 Å². The van der Waals surface area contributed by atoms with Crippen molar-refractivity contribution in [3.05, 3.63) is 11.1 Å². The Kier molecular flexibility index (Phi) is 2.18. The zero-order valence-corrected chi connectivity index (χ0v) is 9.39. The second-order valence-electron chi connectivity index (χ2n) is 5.73. The summed E-state index contributed by atoms with van der Waals surface area (Å²) >= 11 is 0. The van der Waals surface area contributed by atoms with Gasteiger partial charge in [0.05, 0.1) is 0 Å². The smallest absolute Gasteiger partial charge is 0.0143 e. The number of hydrogen-bond donors (Lipinski definition) is 0. The SMILES string of the molecule is C[C@H]1CC2=C(CCC2)[C@H]1C1CCCC1. The van der Waals surface area contributed by atoms with E-state index in [9.17, 15) is 0 Å². The lowest BCUT2D eigenvalue weighted by molar-refractivity contribution is 0.298. The minimum absolute atomic E-state index is 0.989. The molecule has 0 heteroatoms. The minimum atomic E-state index is 0.989. The van der Waals surface area contributed by atoms with Crippen molar-refractivity contribution in [2.45, 2.75) is 58.3 Å². The zero-order chi connectivity index (χ0) is 9.54. The molecule has 1 saturated carbocycles. The third-order valence-electron chi connectivity index (χ3n) is 4.87. The van der Waals surface area contributed by atoms with Crippen LogP contribution in [-0.4, -0.2) is 0 Å². The molecular formula is C14H22. The quantitative estimate of drug-likeness (QED) is 0.540. The van der Waals surface area contributed by atoms with Crippen molar-refractivity contribution in [2.75, 3.05) is 0 Å². The summed E-state index contributed by atoms with van der Waals surface area (Å²) < 4.78 is 0. The van der Waals surface area contributed by atoms with Gasteiger partial charge in [0.2, 0.25) is 0 Å². The molecule has 0 amide bonds. The van der Waals surface area contributed by atoms with Gasteiger partial charge in [-0.3, -0.25) is 0 Å². The van der Waals surface area contributed by atoms with Crippen molar-refractivity contribution in [3.8, 4) is 0 Å². The number of hydrogen-bond acceptors (Lipinski definition) is 0. The molecule has 78 valence electrons. The van der Waals surface area contributed by atoms with Gasteiger partial charge in [0.15, 0.2) is 0 Å². The van der Waals surface area contributed by atoms with Crippen LogP contribution in [0.1, 0.15) is 58.3 Å². The van der Waals surface area contributed by atoms with Gasteiger partial charge in [-0.25, -0.2) is 0 Å². The molecule has 14 heavy (non-hydrogen) atoms. The molecule has 0 bridgehead atoms. The summed E-state index contributed by atoms with van der Waals surface area (Å²) in [6.45, 7) is 2.50. The molecule has 0 radical (unpaired) electrons. The van der Waals surface area contributed by atoms with E-state index in [-0.39, 0.29) is 0 Å². The van der Waals surface area contributed by atoms with Gasteiger partial charge < -0.3 is 0 Å². The van der Waals surface area contributed by atoms with Crippen molar-refractivity contribution < 1.29 is 0 Å². The standard InChI is InChI=1S/C14H22/c1-10-9-12-7-4-8-13(12)14(10)11-5-2-3-6-11/h10-11,14H,2-9H2,1H3/t10-,14+/m0/s1. The van der Waals surface area contributed by atoms with E-state index in [1.165, 1.54) is 51.4 Å². The molecule has 0 heterocycles. The van der Waals surface area contributed by atoms with Crippen LogP contribution in [0, 0.1) is 17.8 Å². The second kappa shape index (κ2) is 3.40. The predicted molar refractivity (Wildman–Crippen MR) is 60.1 cm³/mol. The molecule has 0 aliphatic heterocycles. The molecule has 0 aromatic carbocycles. The Bertz CT molecular complexity index is 255. The fraction of sp³-hybridized carbons (Fsp3) is 0.857. The highest BCUT2D eigenvalue weighted by Gasteiger charge is 2.39. The Hall–Kier alpha value is -0.260. The lowest BCUT2D eigenvalue weighted by atomic mass is 9.79. The van der Waals surface area contributed by atoms with Crippen molar-refractivity contribution in [2.24, 2.45) is 17.8 Å². The summed E-state index contributed by atoms with van der Waals surface area (Å²) in [5.41, 5.74) is 3.82. The van der Waals surface area contributed by atoms with Crippen LogP contribution in [0.4, 0.5) is 0 Å². The molecule has 0 nitrogen and oxygen atoms in total. The van der Waals surface area contributed by atoms with Gasteiger partial charge >= 0.3 is 0 Å². The Morgan fingerprint density at radius 2 is 1.79 bits per heavy atom. The summed E-state index contributed by atoms with van der Waals surface area (Å²) in [4.78, 5) is 0. The predicted octanol–water partition coefficient (Wildman–Crippen LogP) is 4.31. The van der Waals surface area contributed by atoms with Gasteiger partial charge in [-0.1, -0.05) is 30.9 Å². The highest BCUT2D eigenvalue weighted by Crippen LogP contribution is 2.51. The van der Waals surface area contributed by atoms with E-state index in [0.29, 0.717) is 0 Å². The van der Waals surface area contributed by atoms with E-state index in [4.69, 9.17) is 0 Å². The summed E-state index contributed by atoms with van der Waals surface area (Å²) in [5.74, 6) is 3.09. The first-order chi connectivity index (χ1) is 6.86. The van der Waals surface area contributed by atoms with Crippen LogP contribution in [0.3, 0.4) is 0 Å². The molecule has 0 aromatic rings. The third kappa shape index (κ3) is 1.26. The average Bonchev–Trinajstić information content (AvgIpc) is 2.78. The molecule has 2 atom stereocenters. The maximum absolute atomic E-state index is 2.50. The van der Waals surface area contributed by atoms with Crippen LogP contribution >= 0.6 is 0 Å². The van der Waals surface area contributed by atoms with Gasteiger partial charge in [-0.2, -0.15) is 0 Å². The Morgan fingerprint density at radius 1 is 1.00 bits per heavy atom. The molecule has 1 fully saturated rings. The van der Waals surface area contributed by atoms with Gasteiger partial charge in [-0.05, 0) is 56.3 Å². The van der Waals surface area contributed by atoms with Crippen LogP contribution in [-0.2, 0) is 0 Å². The van der Waals surface area contributed by atoms with Crippen LogP contribution in [0.25, 0.3) is 0 Å². The summed E-state index contributed by atoms with van der Waals surface area (Å²) in [5, 5.41) is 0. The van der Waals surface area contributed by atoms with Crippen LogP contribution in [0.5, 0.6) is 0 Å². The summed E-state index contributed by atoms with van der Waals surface area (Å²) in [6, 6.07) is 0. The maximum atomic E-state index is 2.50. The van der Waals surface area contributed by atoms with Gasteiger partial charge in [-0.15, -0.1) is 0 Å². The van der Waals surface area contributed by atoms with Gasteiger partial charge in [0.25, 0.3) is 0 Å². The molecule has 0 spiro atoms. The molecule has 3 aliphatic rings. The minimum Gasteiger partial charge on any atom is -0.0704 e. The first-order valence-corrected chi connectivity index (χ1v) is 6.57. The van der Waals surface area contributed by atoms with Gasteiger partial charge in [0, 0.05) is 0 Å². The largest absolute Gasteiger partial charge is 0.0704 e. The monoisotopic (exact) mass is 190 g/mol. The first kappa shape index (κ1) is 9.00. The maximum Gasteiger partial charge on any atom is -0.0143 e. The van der Waals surface area contributed by atoms with Gasteiger partial charge in [0.1, 0.15) is 0 Å². The second-order valence-corrected chi connectivity index (χ2v) is 5.73. The van der Waals surface area contributed by atoms with Crippen molar-refractivity contribution in [3.63, 3.8) is 0 Å². The van der Waals surface area contributed by atoms with Crippen LogP contribution in [0.2, 0.25) is 0 Å². The highest BCUT2D eigenvalue weighted by molar-refractivity contribution is 5.29. The highest BCUT2D eigenvalue weighted by atomic mass is 14.4. The molecule has 0 saturated heterocycles. The van der Waals surface area contributed by atoms with E-state index in [1.807, 2.05) is 11.1 Å². The fourth-order valence-corrected chi connectivity index (χ4v) is 4.39. The number of allylic oxidation sites excluding steroid dienone is 2. The topological polar surface area (TPSA) is 0 Å². The van der Waals surface area contributed by atoms with Crippen molar-refractivity contribution in [1.29, 1.82) is 0 Å². The molecular weight excluding hydrogens is 168 g/mol. The first-order valence-electron chi connectivity index (χ1n) is 6.57. The van der Waals surface area contributed by atoms with E-state index in [2.05, 4.69) is 6.92 Å². The molecule has 0 unspecified atom stereocenters. The lowest BCUT2D eigenvalue weighted by Crippen LogP contribution is -2.17. The molecule has 0 N–H and O–H groups in total. The third-order valence-corrected chi connectivity index (χ3v) is 4.87. The fourth-order valence-electron chi connectivity index (χ4n) is 4.39. The number of rotatable bonds is 1. The molecule has 0 aromatic heterocycles. The van der Waals surface area contributed by atoms with E-state index in [1.54, 1.807) is 0 Å². The Labute approximate surface area is 87.8 Å². The lowest BCUT2D eigenvalue weighted by Gasteiger charge is -2.26. The normalized spacial score (nSPS) is 38.4. The van der Waals surface area contributed by atoms with E-state index < -0.39 is 0 Å². The summed E-state index contributed by atoms with van der Waals surface area (Å²) in [7, 11) is 0. The molecule has 3 rings (SSSR count). The molecule has 3 aliphatic carbocycles. The zero-order valence-electron chi connectivity index (χ0n) is 9.39. The van der Waals surface area contributed by atoms with E-state index in [0.717, 1.165) is 17.8 Å². The van der Waals surface area contributed by atoms with E-state index >= 15 is 0 Å². The van der Waals surface area contributed by atoms with Crippen molar-refractivity contribution >= 4 is 0 Å². The Morgan fingerprint density at radius 3 is 2.57 bits per heavy atom.